The maximum absolute atomic E-state index is 12.8. The number of aliphatic hydroxyl groups is 1. The predicted octanol–water partition coefficient (Wildman–Crippen LogP) is 3.99. The lowest BCUT2D eigenvalue weighted by Gasteiger charge is -2.27. The monoisotopic (exact) mass is 471 g/mol. The number of hydrogen-bond acceptors (Lipinski definition) is 7. The van der Waals surface area contributed by atoms with Crippen molar-refractivity contribution in [2.45, 2.75) is 32.0 Å². The van der Waals surface area contributed by atoms with Crippen LogP contribution < -0.4 is 10.1 Å². The number of aliphatic hydroxyl groups excluding tert-OH is 1. The van der Waals surface area contributed by atoms with Crippen molar-refractivity contribution in [3.63, 3.8) is 0 Å². The largest absolute Gasteiger partial charge is 0.491 e. The highest BCUT2D eigenvalue weighted by Gasteiger charge is 2.29. The molecule has 0 fully saturated rings. The van der Waals surface area contributed by atoms with Crippen molar-refractivity contribution in [2.75, 3.05) is 25.6 Å². The number of rotatable bonds is 13. The average molecular weight is 472 g/mol. The molecule has 0 heterocycles. The van der Waals surface area contributed by atoms with Gasteiger partial charge in [-0.2, -0.15) is 0 Å². The summed E-state index contributed by atoms with van der Waals surface area (Å²) in [6, 6.07) is 13.3. The van der Waals surface area contributed by atoms with E-state index in [1.165, 1.54) is 20.1 Å². The Morgan fingerprint density at radius 2 is 1.79 bits per heavy atom. The summed E-state index contributed by atoms with van der Waals surface area (Å²) in [6.45, 7) is 1.32. The van der Waals surface area contributed by atoms with E-state index in [2.05, 4.69) is 5.32 Å². The molecule has 0 spiro atoms. The number of benzene rings is 2. The van der Waals surface area contributed by atoms with Gasteiger partial charge in [-0.25, -0.2) is 9.59 Å². The molecule has 1 amide bonds. The molecule has 0 saturated heterocycles. The van der Waals surface area contributed by atoms with Crippen LogP contribution in [0.25, 0.3) is 0 Å². The Balaban J connectivity index is 2.26. The van der Waals surface area contributed by atoms with Gasteiger partial charge < -0.3 is 24.4 Å². The lowest BCUT2D eigenvalue weighted by atomic mass is 9.99. The number of hydrogen-bond donors (Lipinski definition) is 3. The number of allylic oxidation sites excluding steroid dienone is 1. The Morgan fingerprint density at radius 1 is 1.09 bits per heavy atom. The second kappa shape index (κ2) is 13.8. The summed E-state index contributed by atoms with van der Waals surface area (Å²) >= 11 is 0. The van der Waals surface area contributed by atoms with Crippen LogP contribution in [0.2, 0.25) is 0 Å². The van der Waals surface area contributed by atoms with Crippen LogP contribution in [-0.2, 0) is 14.3 Å². The Morgan fingerprint density at radius 3 is 2.41 bits per heavy atom. The minimum Gasteiger partial charge on any atom is -0.491 e. The molecule has 0 aliphatic heterocycles. The molecule has 0 saturated carbocycles. The third-order valence-electron chi connectivity index (χ3n) is 4.86. The molecule has 0 aliphatic carbocycles. The van der Waals surface area contributed by atoms with Crippen molar-refractivity contribution in [1.29, 1.82) is 0 Å². The summed E-state index contributed by atoms with van der Waals surface area (Å²) in [4.78, 5) is 34.9. The number of ether oxygens (including phenoxy) is 3. The fourth-order valence-corrected chi connectivity index (χ4v) is 3.23. The maximum atomic E-state index is 12.8. The average Bonchev–Trinajstić information content (AvgIpc) is 2.82. The second-order valence-corrected chi connectivity index (χ2v) is 7.29. The van der Waals surface area contributed by atoms with Crippen LogP contribution in [0, 0.1) is 0 Å². The lowest BCUT2D eigenvalue weighted by Crippen LogP contribution is -2.28. The van der Waals surface area contributed by atoms with E-state index in [0.717, 1.165) is 6.08 Å². The molecule has 0 bridgehead atoms. The van der Waals surface area contributed by atoms with E-state index >= 15 is 0 Å². The molecule has 0 aliphatic rings. The van der Waals surface area contributed by atoms with Gasteiger partial charge in [0, 0.05) is 30.0 Å². The van der Waals surface area contributed by atoms with Crippen LogP contribution in [0.15, 0.2) is 60.7 Å². The van der Waals surface area contributed by atoms with Crippen molar-refractivity contribution in [3.8, 4) is 5.75 Å². The van der Waals surface area contributed by atoms with E-state index in [-0.39, 0.29) is 19.0 Å². The molecule has 2 aromatic carbocycles. The van der Waals surface area contributed by atoms with Crippen LogP contribution in [0.5, 0.6) is 5.75 Å². The van der Waals surface area contributed by atoms with Crippen molar-refractivity contribution < 1.29 is 38.8 Å². The van der Waals surface area contributed by atoms with E-state index in [4.69, 9.17) is 24.4 Å². The summed E-state index contributed by atoms with van der Waals surface area (Å²) < 4.78 is 17.0. The SMILES string of the molecule is CO[C@H](CC/C=C/C(=O)O)[C@H](OC(=O)Nc1ccc(C(C)=O)cc1)c1ccccc1OCCO. The Kier molecular flexibility index (Phi) is 10.8. The number of carbonyl (C=O) groups is 3. The number of Topliss-reactive ketones (excluding diaryl/α,β-unsaturated/α-hetero) is 1. The number of methoxy groups -OCH3 is 1. The first-order valence-corrected chi connectivity index (χ1v) is 10.7. The van der Waals surface area contributed by atoms with Crippen molar-refractivity contribution >= 4 is 23.5 Å². The molecular weight excluding hydrogens is 442 g/mol. The summed E-state index contributed by atoms with van der Waals surface area (Å²) in [6.07, 6.45) is 1.01. The highest BCUT2D eigenvalue weighted by molar-refractivity contribution is 5.95. The van der Waals surface area contributed by atoms with E-state index in [1.54, 1.807) is 48.5 Å². The number of carbonyl (C=O) groups excluding carboxylic acids is 2. The first-order valence-electron chi connectivity index (χ1n) is 10.7. The van der Waals surface area contributed by atoms with Crippen LogP contribution >= 0.6 is 0 Å². The molecule has 3 N–H and O–H groups in total. The van der Waals surface area contributed by atoms with Gasteiger partial charge in [0.15, 0.2) is 11.9 Å². The Hall–Kier alpha value is -3.69. The molecule has 2 rings (SSSR count). The van der Waals surface area contributed by atoms with Gasteiger partial charge in [-0.1, -0.05) is 24.3 Å². The van der Waals surface area contributed by atoms with Crippen molar-refractivity contribution in [1.82, 2.24) is 0 Å². The van der Waals surface area contributed by atoms with Crippen LogP contribution in [0.3, 0.4) is 0 Å². The smallest absolute Gasteiger partial charge is 0.412 e. The molecule has 2 atom stereocenters. The third-order valence-corrected chi connectivity index (χ3v) is 4.86. The molecular formula is C25H29NO8. The van der Waals surface area contributed by atoms with Gasteiger partial charge in [0.1, 0.15) is 12.4 Å². The first-order chi connectivity index (χ1) is 16.3. The van der Waals surface area contributed by atoms with Gasteiger partial charge in [0.05, 0.1) is 12.7 Å². The zero-order valence-corrected chi connectivity index (χ0v) is 19.1. The minimum atomic E-state index is -1.06. The number of nitrogens with one attached hydrogen (secondary N) is 1. The number of ketones is 1. The minimum absolute atomic E-state index is 0.0530. The van der Waals surface area contributed by atoms with Crippen molar-refractivity contribution in [2.24, 2.45) is 0 Å². The van der Waals surface area contributed by atoms with Gasteiger partial charge in [0.2, 0.25) is 0 Å². The molecule has 9 nitrogen and oxygen atoms in total. The molecule has 34 heavy (non-hydrogen) atoms. The number of aliphatic carboxylic acids is 1. The predicted molar refractivity (Wildman–Crippen MR) is 125 cm³/mol. The van der Waals surface area contributed by atoms with E-state index in [0.29, 0.717) is 35.4 Å². The zero-order chi connectivity index (χ0) is 24.9. The Bertz CT molecular complexity index is 987. The maximum Gasteiger partial charge on any atom is 0.412 e. The first kappa shape index (κ1) is 26.6. The van der Waals surface area contributed by atoms with Crippen molar-refractivity contribution in [3.05, 3.63) is 71.8 Å². The lowest BCUT2D eigenvalue weighted by molar-refractivity contribution is -0.131. The number of amides is 1. The molecule has 0 radical (unpaired) electrons. The molecule has 2 aromatic rings. The molecule has 9 heteroatoms. The summed E-state index contributed by atoms with van der Waals surface area (Å²) in [7, 11) is 1.47. The van der Waals surface area contributed by atoms with E-state index in [9.17, 15) is 14.4 Å². The highest BCUT2D eigenvalue weighted by atomic mass is 16.6. The second-order valence-electron chi connectivity index (χ2n) is 7.29. The normalized spacial score (nSPS) is 12.7. The molecule has 182 valence electrons. The van der Waals surface area contributed by atoms with Gasteiger partial charge in [-0.15, -0.1) is 0 Å². The van der Waals surface area contributed by atoms with Crippen LogP contribution in [-0.4, -0.2) is 54.5 Å². The molecule has 0 aromatic heterocycles. The Labute approximate surface area is 198 Å². The van der Waals surface area contributed by atoms with Gasteiger partial charge in [0.25, 0.3) is 0 Å². The fraction of sp³-hybridized carbons (Fsp3) is 0.320. The number of carboxylic acids is 1. The van der Waals surface area contributed by atoms with Gasteiger partial charge in [-0.05, 0) is 50.1 Å². The van der Waals surface area contributed by atoms with Crippen LogP contribution in [0.1, 0.15) is 41.8 Å². The quantitative estimate of drug-likeness (QED) is 0.295. The van der Waals surface area contributed by atoms with Gasteiger partial charge in [-0.3, -0.25) is 10.1 Å². The number of anilines is 1. The summed E-state index contributed by atoms with van der Waals surface area (Å²) in [5, 5.41) is 20.6. The zero-order valence-electron chi connectivity index (χ0n) is 19.1. The fourth-order valence-electron chi connectivity index (χ4n) is 3.23. The number of carboxylic acid groups (broad SMARTS) is 1. The third kappa shape index (κ3) is 8.34. The standard InChI is InChI=1S/C25H29NO8/c1-17(28)18-11-13-19(14-12-18)26-25(31)34-24(22(32-2)9-5-6-10-23(29)30)20-7-3-4-8-21(20)33-16-15-27/h3-4,6-8,10-14,22,24,27H,5,9,15-16H2,1-2H3,(H,26,31)(H,29,30)/b10-6+/t22-,24-/m1/s1. The topological polar surface area (TPSA) is 131 Å². The van der Waals surface area contributed by atoms with E-state index < -0.39 is 24.3 Å². The number of para-hydroxylation sites is 1. The summed E-state index contributed by atoms with van der Waals surface area (Å²) in [5.74, 6) is -0.725. The van der Waals surface area contributed by atoms with Crippen LogP contribution in [0.4, 0.5) is 10.5 Å². The highest BCUT2D eigenvalue weighted by Crippen LogP contribution is 2.33. The molecule has 0 unspecified atom stereocenters. The van der Waals surface area contributed by atoms with Gasteiger partial charge >= 0.3 is 12.1 Å². The van der Waals surface area contributed by atoms with E-state index in [1.807, 2.05) is 0 Å². The summed E-state index contributed by atoms with van der Waals surface area (Å²) in [5.41, 5.74) is 1.49.